The number of nitrogens with one attached hydrogen (secondary N) is 1. The quantitative estimate of drug-likeness (QED) is 0.694. The molecule has 19 heavy (non-hydrogen) atoms. The van der Waals surface area contributed by atoms with Crippen molar-refractivity contribution in [3.63, 3.8) is 0 Å². The maximum absolute atomic E-state index is 12.2. The molecule has 0 aromatic carbocycles. The van der Waals surface area contributed by atoms with Crippen LogP contribution in [0.3, 0.4) is 0 Å². The van der Waals surface area contributed by atoms with Crippen LogP contribution in [0.5, 0.6) is 0 Å². The molecule has 1 rings (SSSR count). The molecule has 0 aliphatic carbocycles. The van der Waals surface area contributed by atoms with E-state index in [1.54, 1.807) is 12.0 Å². The number of hydrogen-bond donors (Lipinski definition) is 1. The van der Waals surface area contributed by atoms with Gasteiger partial charge in [-0.1, -0.05) is 0 Å². The summed E-state index contributed by atoms with van der Waals surface area (Å²) >= 11 is 0. The normalized spacial score (nSPS) is 21.3. The van der Waals surface area contributed by atoms with Crippen molar-refractivity contribution < 1.29 is 17.9 Å². The summed E-state index contributed by atoms with van der Waals surface area (Å²) in [6.45, 7) is 3.78. The van der Waals surface area contributed by atoms with E-state index in [0.29, 0.717) is 19.7 Å². The molecule has 1 N–H and O–H groups in total. The third-order valence-corrected chi connectivity index (χ3v) is 4.96. The Kier molecular flexibility index (Phi) is 6.22. The zero-order valence-corrected chi connectivity index (χ0v) is 12.7. The topological polar surface area (TPSA) is 75.7 Å². The van der Waals surface area contributed by atoms with Crippen LogP contribution in [0.4, 0.5) is 0 Å². The van der Waals surface area contributed by atoms with Crippen molar-refractivity contribution >= 4 is 15.7 Å². The monoisotopic (exact) mass is 292 g/mol. The highest BCUT2D eigenvalue weighted by molar-refractivity contribution is 7.92. The molecule has 0 aromatic heterocycles. The van der Waals surface area contributed by atoms with E-state index in [2.05, 4.69) is 5.32 Å². The van der Waals surface area contributed by atoms with Crippen LogP contribution in [0.15, 0.2) is 0 Å². The van der Waals surface area contributed by atoms with E-state index < -0.39 is 15.1 Å². The number of carbonyl (C=O) groups is 1. The molecule has 0 spiro atoms. The van der Waals surface area contributed by atoms with Gasteiger partial charge in [-0.3, -0.25) is 4.79 Å². The van der Waals surface area contributed by atoms with Crippen molar-refractivity contribution in [2.24, 2.45) is 0 Å². The fraction of sp³-hybridized carbons (Fsp3) is 0.917. The minimum Gasteiger partial charge on any atom is -0.383 e. The van der Waals surface area contributed by atoms with Crippen LogP contribution in [-0.4, -0.2) is 70.1 Å². The van der Waals surface area contributed by atoms with E-state index in [1.807, 2.05) is 0 Å². The Morgan fingerprint density at radius 3 is 2.68 bits per heavy atom. The van der Waals surface area contributed by atoms with Gasteiger partial charge in [0.2, 0.25) is 5.91 Å². The third-order valence-electron chi connectivity index (χ3n) is 3.47. The van der Waals surface area contributed by atoms with Crippen LogP contribution in [-0.2, 0) is 19.4 Å². The van der Waals surface area contributed by atoms with Gasteiger partial charge in [0.05, 0.1) is 6.61 Å². The summed E-state index contributed by atoms with van der Waals surface area (Å²) in [6.07, 6.45) is 3.21. The Bertz CT molecular complexity index is 391. The van der Waals surface area contributed by atoms with Crippen molar-refractivity contribution in [3.8, 4) is 0 Å². The molecule has 6 nitrogen and oxygen atoms in total. The van der Waals surface area contributed by atoms with Crippen molar-refractivity contribution in [3.05, 3.63) is 0 Å². The molecule has 0 bridgehead atoms. The van der Waals surface area contributed by atoms with E-state index in [1.165, 1.54) is 6.92 Å². The third kappa shape index (κ3) is 5.08. The molecule has 0 radical (unpaired) electrons. The number of rotatable bonds is 7. The zero-order valence-electron chi connectivity index (χ0n) is 11.9. The molecule has 1 aliphatic rings. The highest BCUT2D eigenvalue weighted by Gasteiger charge is 2.30. The second-order valence-electron chi connectivity index (χ2n) is 5.04. The van der Waals surface area contributed by atoms with E-state index in [9.17, 15) is 13.2 Å². The summed E-state index contributed by atoms with van der Waals surface area (Å²) in [5.74, 6) is -0.340. The van der Waals surface area contributed by atoms with Gasteiger partial charge in [-0.2, -0.15) is 0 Å². The van der Waals surface area contributed by atoms with Crippen LogP contribution in [0.2, 0.25) is 0 Å². The van der Waals surface area contributed by atoms with Crippen molar-refractivity contribution in [1.29, 1.82) is 0 Å². The lowest BCUT2D eigenvalue weighted by atomic mass is 10.2. The number of hydrogen-bond acceptors (Lipinski definition) is 5. The Morgan fingerprint density at radius 1 is 1.53 bits per heavy atom. The molecular weight excluding hydrogens is 268 g/mol. The predicted octanol–water partition coefficient (Wildman–Crippen LogP) is -0.353. The number of methoxy groups -OCH3 is 1. The molecule has 1 fully saturated rings. The minimum absolute atomic E-state index is 0.257. The lowest BCUT2D eigenvalue weighted by Gasteiger charge is -2.27. The molecule has 0 aromatic rings. The summed E-state index contributed by atoms with van der Waals surface area (Å²) in [4.78, 5) is 13.8. The van der Waals surface area contributed by atoms with Gasteiger partial charge in [-0.25, -0.2) is 8.42 Å². The Morgan fingerprint density at radius 2 is 2.21 bits per heavy atom. The van der Waals surface area contributed by atoms with Gasteiger partial charge in [-0.05, 0) is 26.3 Å². The molecule has 2 unspecified atom stereocenters. The second kappa shape index (κ2) is 7.21. The molecule has 1 aliphatic heterocycles. The number of sulfone groups is 1. The first-order valence-corrected chi connectivity index (χ1v) is 8.51. The molecular formula is C12H24N2O4S. The number of nitrogens with zero attached hydrogens (tertiary/aromatic N) is 1. The fourth-order valence-electron chi connectivity index (χ4n) is 2.11. The van der Waals surface area contributed by atoms with Crippen LogP contribution >= 0.6 is 0 Å². The average molecular weight is 292 g/mol. The summed E-state index contributed by atoms with van der Waals surface area (Å²) in [5, 5.41) is 2.32. The van der Waals surface area contributed by atoms with E-state index in [-0.39, 0.29) is 11.9 Å². The van der Waals surface area contributed by atoms with Gasteiger partial charge >= 0.3 is 0 Å². The number of amides is 1. The Labute approximate surface area is 115 Å². The number of carbonyl (C=O) groups excluding carboxylic acids is 1. The minimum atomic E-state index is -3.36. The van der Waals surface area contributed by atoms with Gasteiger partial charge in [0.25, 0.3) is 0 Å². The molecule has 7 heteroatoms. The standard InChI is InChI=1S/C12H24N2O4S/c1-10(19(3,16)17)12(15)14(7-8-18-2)9-11-5-4-6-13-11/h10-11,13H,4-9H2,1-3H3. The molecule has 1 heterocycles. The number of ether oxygens (including phenoxy) is 1. The van der Waals surface area contributed by atoms with Crippen molar-refractivity contribution in [2.45, 2.75) is 31.1 Å². The first-order valence-electron chi connectivity index (χ1n) is 6.56. The molecule has 0 saturated carbocycles. The van der Waals surface area contributed by atoms with E-state index in [4.69, 9.17) is 4.74 Å². The van der Waals surface area contributed by atoms with E-state index >= 15 is 0 Å². The predicted molar refractivity (Wildman–Crippen MR) is 73.8 cm³/mol. The van der Waals surface area contributed by atoms with Crippen LogP contribution in [0.1, 0.15) is 19.8 Å². The summed E-state index contributed by atoms with van der Waals surface area (Å²) in [7, 11) is -1.79. The van der Waals surface area contributed by atoms with Gasteiger partial charge in [-0.15, -0.1) is 0 Å². The average Bonchev–Trinajstić information content (AvgIpc) is 2.84. The van der Waals surface area contributed by atoms with Gasteiger partial charge in [0.15, 0.2) is 9.84 Å². The van der Waals surface area contributed by atoms with E-state index in [0.717, 1.165) is 25.6 Å². The largest absolute Gasteiger partial charge is 0.383 e. The second-order valence-corrected chi connectivity index (χ2v) is 7.41. The molecule has 2 atom stereocenters. The fourth-order valence-corrected chi connectivity index (χ4v) is 2.63. The van der Waals surface area contributed by atoms with Crippen molar-refractivity contribution in [2.75, 3.05) is 39.6 Å². The van der Waals surface area contributed by atoms with Crippen LogP contribution in [0, 0.1) is 0 Å². The van der Waals surface area contributed by atoms with Crippen molar-refractivity contribution in [1.82, 2.24) is 10.2 Å². The maximum Gasteiger partial charge on any atom is 0.240 e. The molecule has 1 saturated heterocycles. The lowest BCUT2D eigenvalue weighted by molar-refractivity contribution is -0.131. The van der Waals surface area contributed by atoms with Crippen LogP contribution in [0.25, 0.3) is 0 Å². The maximum atomic E-state index is 12.2. The SMILES string of the molecule is COCCN(CC1CCCN1)C(=O)C(C)S(C)(=O)=O. The molecule has 1 amide bonds. The smallest absolute Gasteiger partial charge is 0.240 e. The Hall–Kier alpha value is -0.660. The lowest BCUT2D eigenvalue weighted by Crippen LogP contribution is -2.47. The van der Waals surface area contributed by atoms with Gasteiger partial charge in [0.1, 0.15) is 5.25 Å². The zero-order chi connectivity index (χ0) is 14.5. The van der Waals surface area contributed by atoms with Gasteiger partial charge in [0, 0.05) is 32.5 Å². The van der Waals surface area contributed by atoms with Crippen LogP contribution < -0.4 is 5.32 Å². The summed E-state index contributed by atoms with van der Waals surface area (Å²) in [6, 6.07) is 0.257. The molecule has 112 valence electrons. The summed E-state index contributed by atoms with van der Waals surface area (Å²) < 4.78 is 28.0. The first kappa shape index (κ1) is 16.4. The first-order chi connectivity index (χ1) is 8.86. The highest BCUT2D eigenvalue weighted by Crippen LogP contribution is 2.10. The Balaban J connectivity index is 2.68. The highest BCUT2D eigenvalue weighted by atomic mass is 32.2. The summed E-state index contributed by atoms with van der Waals surface area (Å²) in [5.41, 5.74) is 0. The van der Waals surface area contributed by atoms with Gasteiger partial charge < -0.3 is 15.0 Å².